The van der Waals surface area contributed by atoms with E-state index in [9.17, 15) is 0 Å². The Balaban J connectivity index is 2.39. The van der Waals surface area contributed by atoms with Crippen LogP contribution in [0.2, 0.25) is 10.0 Å². The molecule has 24 heavy (non-hydrogen) atoms. The van der Waals surface area contributed by atoms with Gasteiger partial charge in [0.2, 0.25) is 0 Å². The van der Waals surface area contributed by atoms with E-state index in [1.165, 1.54) is 5.57 Å². The van der Waals surface area contributed by atoms with Crippen LogP contribution >= 0.6 is 23.2 Å². The predicted molar refractivity (Wildman–Crippen MR) is 107 cm³/mol. The van der Waals surface area contributed by atoms with E-state index in [1.54, 1.807) is 6.07 Å². The fourth-order valence-corrected chi connectivity index (χ4v) is 3.93. The minimum absolute atomic E-state index is 0.192. The summed E-state index contributed by atoms with van der Waals surface area (Å²) in [5, 5.41) is 1.38. The van der Waals surface area contributed by atoms with Crippen LogP contribution in [-0.4, -0.2) is 18.0 Å². The highest BCUT2D eigenvalue weighted by Crippen LogP contribution is 2.50. The van der Waals surface area contributed by atoms with Crippen molar-refractivity contribution in [2.75, 3.05) is 13.1 Å². The molecule has 1 aliphatic rings. The van der Waals surface area contributed by atoms with Crippen molar-refractivity contribution in [3.05, 3.63) is 57.6 Å². The SMILES string of the molecule is C/C=C\C(=C/C)[C@H](c1cc(Cl)cc(Cl)c1)N1CC(C)(C(C)(C)C)C1. The number of likely N-dealkylation sites (tertiary alicyclic amines) is 1. The van der Waals surface area contributed by atoms with E-state index in [-0.39, 0.29) is 11.5 Å². The van der Waals surface area contributed by atoms with Crippen molar-refractivity contribution in [3.8, 4) is 0 Å². The molecule has 0 amide bonds. The van der Waals surface area contributed by atoms with Gasteiger partial charge in [-0.15, -0.1) is 0 Å². The molecule has 0 N–H and O–H groups in total. The summed E-state index contributed by atoms with van der Waals surface area (Å²) < 4.78 is 0. The van der Waals surface area contributed by atoms with Gasteiger partial charge >= 0.3 is 0 Å². The van der Waals surface area contributed by atoms with Gasteiger partial charge in [-0.1, -0.05) is 69.1 Å². The quantitative estimate of drug-likeness (QED) is 0.523. The smallest absolute Gasteiger partial charge is 0.0599 e. The molecule has 0 radical (unpaired) electrons. The second-order valence-electron chi connectivity index (χ2n) is 8.11. The number of halogens is 2. The number of rotatable bonds is 4. The average molecular weight is 366 g/mol. The van der Waals surface area contributed by atoms with Crippen molar-refractivity contribution >= 4 is 23.2 Å². The Bertz CT molecular complexity index is 626. The van der Waals surface area contributed by atoms with E-state index < -0.39 is 0 Å². The summed E-state index contributed by atoms with van der Waals surface area (Å²) in [4.78, 5) is 2.53. The average Bonchev–Trinajstić information content (AvgIpc) is 2.42. The van der Waals surface area contributed by atoms with E-state index in [1.807, 2.05) is 12.1 Å². The second kappa shape index (κ2) is 7.23. The van der Waals surface area contributed by atoms with Gasteiger partial charge in [0, 0.05) is 23.1 Å². The third kappa shape index (κ3) is 3.90. The third-order valence-electron chi connectivity index (χ3n) is 5.49. The van der Waals surface area contributed by atoms with Crippen LogP contribution in [0, 0.1) is 10.8 Å². The summed E-state index contributed by atoms with van der Waals surface area (Å²) in [7, 11) is 0. The maximum absolute atomic E-state index is 6.27. The fraction of sp³-hybridized carbons (Fsp3) is 0.524. The Morgan fingerprint density at radius 1 is 1.12 bits per heavy atom. The molecule has 132 valence electrons. The zero-order chi connectivity index (χ0) is 18.1. The van der Waals surface area contributed by atoms with Gasteiger partial charge in [-0.3, -0.25) is 4.90 Å². The van der Waals surface area contributed by atoms with Gasteiger partial charge in [0.15, 0.2) is 0 Å². The Kier molecular flexibility index (Phi) is 5.90. The molecule has 1 heterocycles. The van der Waals surface area contributed by atoms with Crippen molar-refractivity contribution in [1.29, 1.82) is 0 Å². The number of hydrogen-bond donors (Lipinski definition) is 0. The lowest BCUT2D eigenvalue weighted by Crippen LogP contribution is -2.61. The first-order valence-corrected chi connectivity index (χ1v) is 9.36. The Morgan fingerprint density at radius 2 is 1.67 bits per heavy atom. The van der Waals surface area contributed by atoms with Crippen molar-refractivity contribution < 1.29 is 0 Å². The summed E-state index contributed by atoms with van der Waals surface area (Å²) >= 11 is 12.5. The largest absolute Gasteiger partial charge is 0.291 e. The lowest BCUT2D eigenvalue weighted by molar-refractivity contribution is -0.0814. The second-order valence-corrected chi connectivity index (χ2v) is 8.98. The van der Waals surface area contributed by atoms with Gasteiger partial charge in [-0.2, -0.15) is 0 Å². The minimum Gasteiger partial charge on any atom is -0.291 e. The first-order chi connectivity index (χ1) is 11.1. The molecule has 0 aromatic heterocycles. The summed E-state index contributed by atoms with van der Waals surface area (Å²) in [5.74, 6) is 0. The van der Waals surface area contributed by atoms with Crippen LogP contribution in [-0.2, 0) is 0 Å². The maximum Gasteiger partial charge on any atom is 0.0599 e. The molecule has 1 saturated heterocycles. The summed E-state index contributed by atoms with van der Waals surface area (Å²) in [6.07, 6.45) is 6.47. The molecule has 0 saturated carbocycles. The van der Waals surface area contributed by atoms with Crippen LogP contribution in [0.4, 0.5) is 0 Å². The lowest BCUT2D eigenvalue weighted by Gasteiger charge is -2.58. The van der Waals surface area contributed by atoms with Crippen LogP contribution < -0.4 is 0 Å². The molecule has 3 heteroatoms. The molecule has 1 fully saturated rings. The van der Waals surface area contributed by atoms with Crippen molar-refractivity contribution in [3.63, 3.8) is 0 Å². The lowest BCUT2D eigenvalue weighted by atomic mass is 9.62. The van der Waals surface area contributed by atoms with Gasteiger partial charge in [-0.05, 0) is 54.0 Å². The van der Waals surface area contributed by atoms with Crippen LogP contribution in [0.15, 0.2) is 42.0 Å². The van der Waals surface area contributed by atoms with Crippen molar-refractivity contribution in [1.82, 2.24) is 4.90 Å². The zero-order valence-corrected chi connectivity index (χ0v) is 17.2. The van der Waals surface area contributed by atoms with Gasteiger partial charge < -0.3 is 0 Å². The molecule has 1 atom stereocenters. The van der Waals surface area contributed by atoms with E-state index in [4.69, 9.17) is 23.2 Å². The van der Waals surface area contributed by atoms with Crippen LogP contribution in [0.25, 0.3) is 0 Å². The molecule has 1 aliphatic heterocycles. The number of hydrogen-bond acceptors (Lipinski definition) is 1. The van der Waals surface area contributed by atoms with Gasteiger partial charge in [0.25, 0.3) is 0 Å². The van der Waals surface area contributed by atoms with E-state index in [0.717, 1.165) is 18.7 Å². The van der Waals surface area contributed by atoms with E-state index >= 15 is 0 Å². The monoisotopic (exact) mass is 365 g/mol. The third-order valence-corrected chi connectivity index (χ3v) is 5.93. The first-order valence-electron chi connectivity index (χ1n) is 8.60. The maximum atomic E-state index is 6.27. The minimum atomic E-state index is 0.192. The summed E-state index contributed by atoms with van der Waals surface area (Å²) in [5.41, 5.74) is 3.06. The van der Waals surface area contributed by atoms with Crippen LogP contribution in [0.1, 0.15) is 53.1 Å². The molecule has 1 aromatic carbocycles. The molecule has 0 aliphatic carbocycles. The van der Waals surface area contributed by atoms with Gasteiger partial charge in [0.05, 0.1) is 6.04 Å². The Hall–Kier alpha value is -0.760. The Labute approximate surface area is 157 Å². The normalized spacial score (nSPS) is 20.2. The van der Waals surface area contributed by atoms with Crippen LogP contribution in [0.3, 0.4) is 0 Å². The highest BCUT2D eigenvalue weighted by molar-refractivity contribution is 6.34. The standard InChI is InChI=1S/C21H29Cl2N/c1-7-9-15(8-2)19(16-10-17(22)12-18(23)11-16)24-13-21(6,14-24)20(3,4)5/h7-12,19H,13-14H2,1-6H3/b9-7-,15-8+/t19-/m1/s1. The van der Waals surface area contributed by atoms with Crippen molar-refractivity contribution in [2.24, 2.45) is 10.8 Å². The molecule has 0 bridgehead atoms. The highest BCUT2D eigenvalue weighted by atomic mass is 35.5. The highest BCUT2D eigenvalue weighted by Gasteiger charge is 2.49. The Morgan fingerprint density at radius 3 is 2.08 bits per heavy atom. The first kappa shape index (κ1) is 19.6. The number of benzene rings is 1. The molecular weight excluding hydrogens is 337 g/mol. The topological polar surface area (TPSA) is 3.24 Å². The van der Waals surface area contributed by atoms with Crippen LogP contribution in [0.5, 0.6) is 0 Å². The summed E-state index contributed by atoms with van der Waals surface area (Å²) in [6.45, 7) is 15.7. The van der Waals surface area contributed by atoms with E-state index in [0.29, 0.717) is 15.5 Å². The summed E-state index contributed by atoms with van der Waals surface area (Å²) in [6, 6.07) is 6.07. The molecular formula is C21H29Cl2N. The number of nitrogens with zero attached hydrogens (tertiary/aromatic N) is 1. The molecule has 0 unspecified atom stereocenters. The van der Waals surface area contributed by atoms with Gasteiger partial charge in [0.1, 0.15) is 0 Å². The molecule has 1 nitrogen and oxygen atoms in total. The zero-order valence-electron chi connectivity index (χ0n) is 15.7. The van der Waals surface area contributed by atoms with Gasteiger partial charge in [-0.25, -0.2) is 0 Å². The number of allylic oxidation sites excluding steroid dienone is 2. The molecule has 2 rings (SSSR count). The molecule has 0 spiro atoms. The van der Waals surface area contributed by atoms with E-state index in [2.05, 4.69) is 64.7 Å². The predicted octanol–water partition coefficient (Wildman–Crippen LogP) is 6.92. The molecule has 1 aromatic rings. The van der Waals surface area contributed by atoms with Crippen molar-refractivity contribution in [2.45, 2.75) is 47.6 Å². The fourth-order valence-electron chi connectivity index (χ4n) is 3.39.